The topological polar surface area (TPSA) is 92.5 Å². The SMILES string of the molecule is Nc1ccccc1C(=O)c1ccc(NCCCN2C(=O)c3cccc4cccc(c34)C2=O)cc1. The van der Waals surface area contributed by atoms with Crippen molar-refractivity contribution in [2.45, 2.75) is 6.42 Å². The summed E-state index contributed by atoms with van der Waals surface area (Å²) in [6.07, 6.45) is 0.594. The molecule has 0 aromatic heterocycles. The van der Waals surface area contributed by atoms with E-state index in [0.29, 0.717) is 47.5 Å². The van der Waals surface area contributed by atoms with Crippen molar-refractivity contribution in [1.29, 1.82) is 0 Å². The number of hydrogen-bond acceptors (Lipinski definition) is 5. The Morgan fingerprint density at radius 1 is 0.794 bits per heavy atom. The molecule has 5 rings (SSSR count). The first kappa shape index (κ1) is 21.4. The minimum atomic E-state index is -0.252. The van der Waals surface area contributed by atoms with Crippen LogP contribution < -0.4 is 11.1 Å². The van der Waals surface area contributed by atoms with Gasteiger partial charge in [0.15, 0.2) is 5.78 Å². The van der Waals surface area contributed by atoms with Gasteiger partial charge in [0.05, 0.1) is 0 Å². The first-order valence-corrected chi connectivity index (χ1v) is 11.2. The van der Waals surface area contributed by atoms with Crippen molar-refractivity contribution in [3.8, 4) is 0 Å². The smallest absolute Gasteiger partial charge is 0.261 e. The van der Waals surface area contributed by atoms with Crippen LogP contribution in [0.1, 0.15) is 43.1 Å². The number of amides is 2. The number of carbonyl (C=O) groups is 3. The quantitative estimate of drug-likeness (QED) is 0.184. The van der Waals surface area contributed by atoms with Crippen molar-refractivity contribution in [3.05, 3.63) is 107 Å². The van der Waals surface area contributed by atoms with Gasteiger partial charge in [0, 0.05) is 52.1 Å². The third kappa shape index (κ3) is 3.79. The highest BCUT2D eigenvalue weighted by molar-refractivity contribution is 6.25. The fourth-order valence-corrected chi connectivity index (χ4v) is 4.35. The number of ketones is 1. The van der Waals surface area contributed by atoms with E-state index in [1.54, 1.807) is 48.5 Å². The number of rotatable bonds is 7. The lowest BCUT2D eigenvalue weighted by atomic mass is 9.94. The fourth-order valence-electron chi connectivity index (χ4n) is 4.35. The fraction of sp³-hybridized carbons (Fsp3) is 0.107. The Morgan fingerprint density at radius 2 is 1.44 bits per heavy atom. The molecule has 168 valence electrons. The molecule has 0 bridgehead atoms. The van der Waals surface area contributed by atoms with Gasteiger partial charge in [0.1, 0.15) is 0 Å². The second kappa shape index (κ2) is 8.83. The maximum Gasteiger partial charge on any atom is 0.261 e. The molecule has 6 nitrogen and oxygen atoms in total. The van der Waals surface area contributed by atoms with E-state index >= 15 is 0 Å². The second-order valence-electron chi connectivity index (χ2n) is 8.25. The number of nitrogens with one attached hydrogen (secondary N) is 1. The third-order valence-corrected chi connectivity index (χ3v) is 6.10. The van der Waals surface area contributed by atoms with Crippen molar-refractivity contribution in [2.24, 2.45) is 0 Å². The zero-order valence-corrected chi connectivity index (χ0v) is 18.5. The van der Waals surface area contributed by atoms with Gasteiger partial charge in [-0.3, -0.25) is 19.3 Å². The average Bonchev–Trinajstić information content (AvgIpc) is 2.87. The monoisotopic (exact) mass is 449 g/mol. The lowest BCUT2D eigenvalue weighted by molar-refractivity contribution is 0.0610. The zero-order valence-electron chi connectivity index (χ0n) is 18.5. The summed E-state index contributed by atoms with van der Waals surface area (Å²) < 4.78 is 0. The molecule has 6 heteroatoms. The number of hydrogen-bond donors (Lipinski definition) is 2. The van der Waals surface area contributed by atoms with Crippen LogP contribution in [0.4, 0.5) is 11.4 Å². The first-order chi connectivity index (χ1) is 16.5. The molecule has 0 aliphatic carbocycles. The number of carbonyl (C=O) groups excluding carboxylic acids is 3. The summed E-state index contributed by atoms with van der Waals surface area (Å²) in [5.41, 5.74) is 9.40. The Hall–Kier alpha value is -4.45. The second-order valence-corrected chi connectivity index (χ2v) is 8.25. The van der Waals surface area contributed by atoms with Crippen LogP contribution in [-0.2, 0) is 0 Å². The summed E-state index contributed by atoms with van der Waals surface area (Å²) >= 11 is 0. The van der Waals surface area contributed by atoms with Gasteiger partial charge < -0.3 is 11.1 Å². The summed E-state index contributed by atoms with van der Waals surface area (Å²) in [7, 11) is 0. The van der Waals surface area contributed by atoms with E-state index in [1.807, 2.05) is 36.4 Å². The molecule has 2 amide bonds. The van der Waals surface area contributed by atoms with E-state index in [-0.39, 0.29) is 17.6 Å². The summed E-state index contributed by atoms with van der Waals surface area (Å²) in [5, 5.41) is 4.92. The van der Waals surface area contributed by atoms with Crippen LogP contribution >= 0.6 is 0 Å². The third-order valence-electron chi connectivity index (χ3n) is 6.10. The van der Waals surface area contributed by atoms with Crippen molar-refractivity contribution in [1.82, 2.24) is 4.90 Å². The van der Waals surface area contributed by atoms with Crippen LogP contribution in [0.2, 0.25) is 0 Å². The van der Waals surface area contributed by atoms with E-state index in [1.165, 1.54) is 4.90 Å². The molecule has 1 heterocycles. The molecule has 0 saturated heterocycles. The molecule has 0 unspecified atom stereocenters. The van der Waals surface area contributed by atoms with Gasteiger partial charge in [-0.25, -0.2) is 0 Å². The molecule has 1 aliphatic rings. The molecule has 4 aromatic carbocycles. The molecule has 34 heavy (non-hydrogen) atoms. The Balaban J connectivity index is 1.20. The van der Waals surface area contributed by atoms with Crippen LogP contribution in [-0.4, -0.2) is 35.6 Å². The number of para-hydroxylation sites is 1. The number of anilines is 2. The number of imide groups is 1. The molecule has 0 radical (unpaired) electrons. The molecule has 0 atom stereocenters. The van der Waals surface area contributed by atoms with E-state index in [0.717, 1.165) is 16.5 Å². The maximum atomic E-state index is 13.0. The Morgan fingerprint density at radius 3 is 2.09 bits per heavy atom. The number of nitrogens with zero attached hydrogens (tertiary/aromatic N) is 1. The first-order valence-electron chi connectivity index (χ1n) is 11.2. The van der Waals surface area contributed by atoms with Gasteiger partial charge in [0.25, 0.3) is 11.8 Å². The van der Waals surface area contributed by atoms with Crippen LogP contribution in [0, 0.1) is 0 Å². The van der Waals surface area contributed by atoms with Crippen LogP contribution in [0.15, 0.2) is 84.9 Å². The van der Waals surface area contributed by atoms with Crippen molar-refractivity contribution in [2.75, 3.05) is 24.1 Å². The Kier molecular flexibility index (Phi) is 5.55. The van der Waals surface area contributed by atoms with E-state index < -0.39 is 0 Å². The van der Waals surface area contributed by atoms with Gasteiger partial charge in [-0.15, -0.1) is 0 Å². The Labute approximate surface area is 197 Å². The van der Waals surface area contributed by atoms with Crippen LogP contribution in [0.5, 0.6) is 0 Å². The van der Waals surface area contributed by atoms with Gasteiger partial charge >= 0.3 is 0 Å². The minimum absolute atomic E-state index is 0.123. The van der Waals surface area contributed by atoms with E-state index in [2.05, 4.69) is 5.32 Å². The predicted molar refractivity (Wildman–Crippen MR) is 133 cm³/mol. The number of nitrogen functional groups attached to an aromatic ring is 1. The van der Waals surface area contributed by atoms with Gasteiger partial charge in [-0.2, -0.15) is 0 Å². The highest BCUT2D eigenvalue weighted by Crippen LogP contribution is 2.30. The zero-order chi connectivity index (χ0) is 23.7. The van der Waals surface area contributed by atoms with E-state index in [4.69, 9.17) is 5.73 Å². The van der Waals surface area contributed by atoms with Gasteiger partial charge in [-0.05, 0) is 60.3 Å². The van der Waals surface area contributed by atoms with Crippen molar-refractivity contribution < 1.29 is 14.4 Å². The summed E-state index contributed by atoms with van der Waals surface area (Å²) in [4.78, 5) is 39.9. The molecular weight excluding hydrogens is 426 g/mol. The molecule has 4 aromatic rings. The van der Waals surface area contributed by atoms with Gasteiger partial charge in [0.2, 0.25) is 0 Å². The molecule has 0 spiro atoms. The summed E-state index contributed by atoms with van der Waals surface area (Å²) in [6.45, 7) is 0.890. The van der Waals surface area contributed by atoms with Crippen LogP contribution in [0.3, 0.4) is 0 Å². The number of benzene rings is 4. The minimum Gasteiger partial charge on any atom is -0.398 e. The number of nitrogens with two attached hydrogens (primary N) is 1. The molecule has 1 aliphatic heterocycles. The predicted octanol–water partition coefficient (Wildman–Crippen LogP) is 4.75. The standard InChI is InChI=1S/C28H23N3O3/c29-24-11-2-1-8-21(24)26(32)19-12-14-20(15-13-19)30-16-5-17-31-27(33)22-9-3-6-18-7-4-10-23(25(18)22)28(31)34/h1-4,6-15,30H,5,16-17,29H2. The highest BCUT2D eigenvalue weighted by Gasteiger charge is 2.32. The van der Waals surface area contributed by atoms with Crippen LogP contribution in [0.25, 0.3) is 10.8 Å². The van der Waals surface area contributed by atoms with Crippen molar-refractivity contribution >= 4 is 39.7 Å². The Bertz CT molecular complexity index is 1380. The maximum absolute atomic E-state index is 13.0. The summed E-state index contributed by atoms with van der Waals surface area (Å²) in [5.74, 6) is -0.628. The molecule has 3 N–H and O–H groups in total. The van der Waals surface area contributed by atoms with E-state index in [9.17, 15) is 14.4 Å². The van der Waals surface area contributed by atoms with Gasteiger partial charge in [-0.1, -0.05) is 36.4 Å². The largest absolute Gasteiger partial charge is 0.398 e. The molecular formula is C28H23N3O3. The van der Waals surface area contributed by atoms with Crippen molar-refractivity contribution in [3.63, 3.8) is 0 Å². The molecule has 0 saturated carbocycles. The summed E-state index contributed by atoms with van der Waals surface area (Å²) in [6, 6.07) is 25.2. The molecule has 0 fully saturated rings. The average molecular weight is 450 g/mol. The lowest BCUT2D eigenvalue weighted by Gasteiger charge is -2.27. The normalized spacial score (nSPS) is 12.8. The lowest BCUT2D eigenvalue weighted by Crippen LogP contribution is -2.41. The highest BCUT2D eigenvalue weighted by atomic mass is 16.2.